The number of benzene rings is 1. The van der Waals surface area contributed by atoms with Crippen molar-refractivity contribution < 1.29 is 9.47 Å². The van der Waals surface area contributed by atoms with Crippen LogP contribution >= 0.6 is 0 Å². The number of ether oxygens (including phenoxy) is 2. The van der Waals surface area contributed by atoms with Crippen LogP contribution in [0.15, 0.2) is 36.4 Å². The lowest BCUT2D eigenvalue weighted by Gasteiger charge is -2.40. The predicted molar refractivity (Wildman–Crippen MR) is 108 cm³/mol. The molecule has 3 unspecified atom stereocenters. The molecule has 132 valence electrons. The van der Waals surface area contributed by atoms with Crippen LogP contribution in [0, 0.1) is 0 Å². The Morgan fingerprint density at radius 3 is 2.17 bits per heavy atom. The predicted octanol–water partition coefficient (Wildman–Crippen LogP) is 2.33. The molecule has 2 heterocycles. The van der Waals surface area contributed by atoms with E-state index < -0.39 is 0 Å². The molecule has 0 N–H and O–H groups in total. The monoisotopic (exact) mass is 360 g/mol. The van der Waals surface area contributed by atoms with Crippen molar-refractivity contribution in [1.82, 2.24) is 0 Å². The summed E-state index contributed by atoms with van der Waals surface area (Å²) in [5, 5.41) is 0.0964. The van der Waals surface area contributed by atoms with Gasteiger partial charge in [0.25, 0.3) is 0 Å². The minimum atomic E-state index is 0.0346. The molecule has 0 spiro atoms. The molecule has 24 heavy (non-hydrogen) atoms. The number of rotatable bonds is 4. The molecule has 1 aromatic rings. The van der Waals surface area contributed by atoms with E-state index in [9.17, 15) is 0 Å². The zero-order chi connectivity index (χ0) is 17.0. The van der Waals surface area contributed by atoms with Crippen LogP contribution in [0.3, 0.4) is 0 Å². The first-order chi connectivity index (χ1) is 11.6. The SMILES string of the molecule is CC=CC(c1ccc(C2([SiH3])CCCCO2)cc1)C1([SiH3])CCCCO1. The zero-order valence-electron chi connectivity index (χ0n) is 15.5. The molecule has 2 nitrogen and oxygen atoms in total. The Labute approximate surface area is 152 Å². The van der Waals surface area contributed by atoms with Crippen molar-refractivity contribution in [3.05, 3.63) is 47.5 Å². The van der Waals surface area contributed by atoms with Gasteiger partial charge in [-0.05, 0) is 56.6 Å². The van der Waals surface area contributed by atoms with Gasteiger partial charge in [0.2, 0.25) is 0 Å². The van der Waals surface area contributed by atoms with E-state index in [4.69, 9.17) is 9.47 Å². The van der Waals surface area contributed by atoms with Gasteiger partial charge >= 0.3 is 0 Å². The summed E-state index contributed by atoms with van der Waals surface area (Å²) < 4.78 is 12.5. The lowest BCUT2D eigenvalue weighted by atomic mass is 9.86. The van der Waals surface area contributed by atoms with Crippen LogP contribution in [0.4, 0.5) is 0 Å². The maximum Gasteiger partial charge on any atom is 0.0723 e. The molecule has 3 atom stereocenters. The Morgan fingerprint density at radius 2 is 1.62 bits per heavy atom. The minimum absolute atomic E-state index is 0.0346. The van der Waals surface area contributed by atoms with Crippen LogP contribution in [0.2, 0.25) is 0 Å². The summed E-state index contributed by atoms with van der Waals surface area (Å²) >= 11 is 0. The number of hydrogen-bond acceptors (Lipinski definition) is 2. The Hall–Kier alpha value is -0.686. The average molecular weight is 361 g/mol. The molecule has 2 saturated heterocycles. The molecule has 0 aromatic heterocycles. The molecule has 0 radical (unpaired) electrons. The molecule has 3 rings (SSSR count). The first-order valence-electron chi connectivity index (χ1n) is 9.59. The van der Waals surface area contributed by atoms with Gasteiger partial charge < -0.3 is 9.47 Å². The van der Waals surface area contributed by atoms with E-state index in [0.717, 1.165) is 33.7 Å². The van der Waals surface area contributed by atoms with Gasteiger partial charge in [0.15, 0.2) is 0 Å². The van der Waals surface area contributed by atoms with Crippen molar-refractivity contribution >= 4 is 20.5 Å². The second-order valence-electron chi connectivity index (χ2n) is 7.78. The fraction of sp³-hybridized carbons (Fsp3) is 0.600. The maximum atomic E-state index is 6.29. The fourth-order valence-electron chi connectivity index (χ4n) is 4.27. The van der Waals surface area contributed by atoms with Crippen molar-refractivity contribution in [1.29, 1.82) is 0 Å². The Kier molecular flexibility index (Phi) is 5.80. The van der Waals surface area contributed by atoms with Crippen molar-refractivity contribution in [2.45, 2.75) is 61.8 Å². The number of hydrogen-bond donors (Lipinski definition) is 0. The van der Waals surface area contributed by atoms with E-state index in [1.165, 1.54) is 49.7 Å². The molecule has 2 aliphatic rings. The zero-order valence-corrected chi connectivity index (χ0v) is 19.5. The van der Waals surface area contributed by atoms with Crippen molar-refractivity contribution in [3.8, 4) is 0 Å². The Balaban J connectivity index is 1.84. The molecule has 0 amide bonds. The van der Waals surface area contributed by atoms with Crippen LogP contribution in [0.1, 0.15) is 62.5 Å². The third kappa shape index (κ3) is 3.77. The largest absolute Gasteiger partial charge is 0.379 e. The lowest BCUT2D eigenvalue weighted by Crippen LogP contribution is -2.42. The summed E-state index contributed by atoms with van der Waals surface area (Å²) in [5.74, 6) is 0.390. The summed E-state index contributed by atoms with van der Waals surface area (Å²) in [6.45, 7) is 3.97. The maximum absolute atomic E-state index is 6.29. The topological polar surface area (TPSA) is 18.5 Å². The second-order valence-corrected chi connectivity index (χ2v) is 11.1. The molecule has 0 aliphatic carbocycles. The van der Waals surface area contributed by atoms with Crippen LogP contribution in [0.5, 0.6) is 0 Å². The van der Waals surface area contributed by atoms with Crippen molar-refractivity contribution in [2.75, 3.05) is 13.2 Å². The van der Waals surface area contributed by atoms with Crippen molar-refractivity contribution in [2.24, 2.45) is 0 Å². The van der Waals surface area contributed by atoms with E-state index >= 15 is 0 Å². The fourth-order valence-corrected chi connectivity index (χ4v) is 6.24. The summed E-state index contributed by atoms with van der Waals surface area (Å²) in [6, 6.07) is 9.29. The minimum Gasteiger partial charge on any atom is -0.379 e. The van der Waals surface area contributed by atoms with Gasteiger partial charge in [-0.1, -0.05) is 36.4 Å². The number of allylic oxidation sites excluding steroid dienone is 1. The molecule has 1 aromatic carbocycles. The molecule has 2 fully saturated rings. The third-order valence-electron chi connectivity index (χ3n) is 5.89. The van der Waals surface area contributed by atoms with Gasteiger partial charge in [-0.3, -0.25) is 0 Å². The van der Waals surface area contributed by atoms with E-state index in [1.54, 1.807) is 0 Å². The van der Waals surface area contributed by atoms with E-state index in [1.807, 2.05) is 0 Å². The molecule has 0 saturated carbocycles. The summed E-state index contributed by atoms with van der Waals surface area (Å²) in [4.78, 5) is 0. The molecule has 4 heteroatoms. The van der Waals surface area contributed by atoms with Gasteiger partial charge in [-0.25, -0.2) is 0 Å². The van der Waals surface area contributed by atoms with Gasteiger partial charge in [0, 0.05) is 39.6 Å². The van der Waals surface area contributed by atoms with Crippen LogP contribution in [-0.4, -0.2) is 38.9 Å². The van der Waals surface area contributed by atoms with E-state index in [0.29, 0.717) is 5.92 Å². The quantitative estimate of drug-likeness (QED) is 0.606. The Morgan fingerprint density at radius 1 is 0.958 bits per heavy atom. The first-order valence-corrected chi connectivity index (χ1v) is 11.6. The van der Waals surface area contributed by atoms with Gasteiger partial charge in [-0.2, -0.15) is 0 Å². The van der Waals surface area contributed by atoms with Gasteiger partial charge in [0.1, 0.15) is 0 Å². The third-order valence-corrected chi connectivity index (χ3v) is 8.67. The van der Waals surface area contributed by atoms with Crippen LogP contribution in [0.25, 0.3) is 0 Å². The highest BCUT2D eigenvalue weighted by Crippen LogP contribution is 2.38. The summed E-state index contributed by atoms with van der Waals surface area (Å²) in [7, 11) is 2.13. The molecular weight excluding hydrogens is 328 g/mol. The van der Waals surface area contributed by atoms with Crippen LogP contribution < -0.4 is 0 Å². The highest BCUT2D eigenvalue weighted by molar-refractivity contribution is 6.15. The van der Waals surface area contributed by atoms with Gasteiger partial charge in [0.05, 0.1) is 10.4 Å². The molecular formula is C20H32O2Si2. The highest BCUT2D eigenvalue weighted by Gasteiger charge is 2.36. The van der Waals surface area contributed by atoms with Crippen LogP contribution in [-0.2, 0) is 14.7 Å². The van der Waals surface area contributed by atoms with E-state index in [-0.39, 0.29) is 10.4 Å². The molecule has 0 bridgehead atoms. The summed E-state index contributed by atoms with van der Waals surface area (Å²) in [5.41, 5.74) is 2.78. The molecule has 2 aliphatic heterocycles. The standard InChI is InChI=1S/C20H32O2Si2/c1-2-7-18(20(24)13-4-6-15-22-20)16-8-10-17(11-9-16)19(23)12-3-5-14-21-19/h2,7-11,18H,3-6,12-15H2,1,23-24H3. The second kappa shape index (κ2) is 7.69. The van der Waals surface area contributed by atoms with Gasteiger partial charge in [-0.15, -0.1) is 0 Å². The van der Waals surface area contributed by atoms with E-state index in [2.05, 4.69) is 43.3 Å². The first kappa shape index (κ1) is 18.1. The highest BCUT2D eigenvalue weighted by atomic mass is 28.1. The average Bonchev–Trinajstić information content (AvgIpc) is 2.61. The lowest BCUT2D eigenvalue weighted by molar-refractivity contribution is -0.0265. The summed E-state index contributed by atoms with van der Waals surface area (Å²) in [6.07, 6.45) is 11.9. The normalized spacial score (nSPS) is 33.0. The van der Waals surface area contributed by atoms with Crippen molar-refractivity contribution in [3.63, 3.8) is 0 Å². The smallest absolute Gasteiger partial charge is 0.0723 e. The Bertz CT molecular complexity index is 556.